The van der Waals surface area contributed by atoms with Crippen LogP contribution in [0.2, 0.25) is 0 Å². The fourth-order valence-electron chi connectivity index (χ4n) is 1.67. The summed E-state index contributed by atoms with van der Waals surface area (Å²) in [6.45, 7) is 3.61. The first kappa shape index (κ1) is 11.5. The third-order valence-electron chi connectivity index (χ3n) is 2.59. The van der Waals surface area contributed by atoms with Crippen LogP contribution in [0.5, 0.6) is 5.75 Å². The number of anilines is 1. The van der Waals surface area contributed by atoms with E-state index in [4.69, 9.17) is 10.5 Å². The zero-order valence-corrected chi connectivity index (χ0v) is 9.97. The summed E-state index contributed by atoms with van der Waals surface area (Å²) in [4.78, 5) is 4.17. The van der Waals surface area contributed by atoms with E-state index < -0.39 is 0 Å². The van der Waals surface area contributed by atoms with Gasteiger partial charge in [0.2, 0.25) is 0 Å². The van der Waals surface area contributed by atoms with Gasteiger partial charge in [0.05, 0.1) is 6.61 Å². The number of hydrogen-bond acceptors (Lipinski definition) is 3. The van der Waals surface area contributed by atoms with Crippen LogP contribution in [0.25, 0.3) is 0 Å². The van der Waals surface area contributed by atoms with E-state index in [1.165, 1.54) is 0 Å². The van der Waals surface area contributed by atoms with Gasteiger partial charge in [-0.25, -0.2) is 4.98 Å². The van der Waals surface area contributed by atoms with Crippen molar-refractivity contribution >= 4 is 5.69 Å². The van der Waals surface area contributed by atoms with Crippen molar-refractivity contribution in [2.24, 2.45) is 0 Å². The lowest BCUT2D eigenvalue weighted by atomic mass is 10.3. The maximum atomic E-state index is 5.67. The number of ether oxygens (including phenoxy) is 1. The van der Waals surface area contributed by atoms with E-state index in [1.54, 1.807) is 0 Å². The van der Waals surface area contributed by atoms with E-state index >= 15 is 0 Å². The molecule has 4 nitrogen and oxygen atoms in total. The highest BCUT2D eigenvalue weighted by Crippen LogP contribution is 2.14. The fourth-order valence-corrected chi connectivity index (χ4v) is 1.67. The van der Waals surface area contributed by atoms with Crippen LogP contribution in [0, 0.1) is 6.92 Å². The van der Waals surface area contributed by atoms with Crippen molar-refractivity contribution in [2.45, 2.75) is 19.9 Å². The summed E-state index contributed by atoms with van der Waals surface area (Å²) in [5, 5.41) is 0. The summed E-state index contributed by atoms with van der Waals surface area (Å²) < 4.78 is 7.73. The highest BCUT2D eigenvalue weighted by atomic mass is 16.5. The molecule has 17 heavy (non-hydrogen) atoms. The van der Waals surface area contributed by atoms with E-state index in [0.29, 0.717) is 6.61 Å². The molecular weight excluding hydrogens is 214 g/mol. The van der Waals surface area contributed by atoms with Gasteiger partial charge in [0, 0.05) is 30.7 Å². The molecule has 0 aliphatic rings. The predicted octanol–water partition coefficient (Wildman–Crippen LogP) is 2.24. The van der Waals surface area contributed by atoms with Crippen molar-refractivity contribution in [3.05, 3.63) is 42.5 Å². The molecule has 1 aromatic carbocycles. The van der Waals surface area contributed by atoms with Gasteiger partial charge in [-0.2, -0.15) is 0 Å². The second-order valence-electron chi connectivity index (χ2n) is 3.94. The van der Waals surface area contributed by atoms with Crippen LogP contribution >= 0.6 is 0 Å². The maximum absolute atomic E-state index is 5.67. The average molecular weight is 231 g/mol. The molecule has 0 radical (unpaired) electrons. The summed E-state index contributed by atoms with van der Waals surface area (Å²) in [7, 11) is 0. The lowest BCUT2D eigenvalue weighted by Gasteiger charge is -2.08. The van der Waals surface area contributed by atoms with Crippen molar-refractivity contribution in [3.8, 4) is 5.75 Å². The first-order chi connectivity index (χ1) is 8.25. The molecule has 0 atom stereocenters. The van der Waals surface area contributed by atoms with E-state index in [0.717, 1.165) is 30.2 Å². The Morgan fingerprint density at radius 3 is 3.00 bits per heavy atom. The second kappa shape index (κ2) is 5.39. The Kier molecular flexibility index (Phi) is 3.65. The Labute approximate surface area is 101 Å². The molecule has 0 unspecified atom stereocenters. The molecule has 0 fully saturated rings. The smallest absolute Gasteiger partial charge is 0.121 e. The van der Waals surface area contributed by atoms with E-state index in [1.807, 2.05) is 43.6 Å². The van der Waals surface area contributed by atoms with Crippen LogP contribution in [0.4, 0.5) is 5.69 Å². The van der Waals surface area contributed by atoms with Gasteiger partial charge in [-0.05, 0) is 25.5 Å². The molecular formula is C13H17N3O. The third-order valence-corrected chi connectivity index (χ3v) is 2.59. The van der Waals surface area contributed by atoms with Gasteiger partial charge in [0.1, 0.15) is 11.6 Å². The van der Waals surface area contributed by atoms with Gasteiger partial charge in [0.15, 0.2) is 0 Å². The highest BCUT2D eigenvalue weighted by molar-refractivity contribution is 5.43. The molecule has 0 aliphatic carbocycles. The molecule has 0 bridgehead atoms. The molecule has 2 aromatic rings. The van der Waals surface area contributed by atoms with Gasteiger partial charge in [-0.1, -0.05) is 6.07 Å². The van der Waals surface area contributed by atoms with Gasteiger partial charge < -0.3 is 15.0 Å². The molecule has 0 amide bonds. The highest BCUT2D eigenvalue weighted by Gasteiger charge is 1.97. The second-order valence-corrected chi connectivity index (χ2v) is 3.94. The summed E-state index contributed by atoms with van der Waals surface area (Å²) in [6, 6.07) is 7.49. The lowest BCUT2D eigenvalue weighted by Crippen LogP contribution is -2.05. The zero-order valence-electron chi connectivity index (χ0n) is 9.97. The predicted molar refractivity (Wildman–Crippen MR) is 67.9 cm³/mol. The zero-order chi connectivity index (χ0) is 12.1. The van der Waals surface area contributed by atoms with Crippen molar-refractivity contribution in [3.63, 3.8) is 0 Å². The number of nitrogens with zero attached hydrogens (tertiary/aromatic N) is 2. The average Bonchev–Trinajstić information content (AvgIpc) is 2.71. The van der Waals surface area contributed by atoms with Crippen LogP contribution in [-0.4, -0.2) is 16.2 Å². The molecule has 1 heterocycles. The van der Waals surface area contributed by atoms with Gasteiger partial charge in [0.25, 0.3) is 0 Å². The number of imidazole rings is 1. The lowest BCUT2D eigenvalue weighted by molar-refractivity contribution is 0.301. The molecule has 0 saturated carbocycles. The minimum atomic E-state index is 0.682. The van der Waals surface area contributed by atoms with Crippen molar-refractivity contribution in [2.75, 3.05) is 12.3 Å². The molecule has 90 valence electrons. The van der Waals surface area contributed by atoms with Crippen molar-refractivity contribution in [1.29, 1.82) is 0 Å². The minimum Gasteiger partial charge on any atom is -0.493 e. The first-order valence-electron chi connectivity index (χ1n) is 5.72. The summed E-state index contributed by atoms with van der Waals surface area (Å²) in [5.41, 5.74) is 6.40. The summed E-state index contributed by atoms with van der Waals surface area (Å²) in [5.74, 6) is 1.86. The Morgan fingerprint density at radius 1 is 1.41 bits per heavy atom. The van der Waals surface area contributed by atoms with Crippen LogP contribution in [0.15, 0.2) is 36.7 Å². The van der Waals surface area contributed by atoms with Crippen LogP contribution in [-0.2, 0) is 6.54 Å². The van der Waals surface area contributed by atoms with Gasteiger partial charge >= 0.3 is 0 Å². The molecule has 0 spiro atoms. The molecule has 2 N–H and O–H groups in total. The van der Waals surface area contributed by atoms with Crippen molar-refractivity contribution < 1.29 is 4.74 Å². The number of hydrogen-bond donors (Lipinski definition) is 1. The molecule has 0 saturated heterocycles. The fraction of sp³-hybridized carbons (Fsp3) is 0.308. The number of rotatable bonds is 5. The molecule has 1 aromatic heterocycles. The number of nitrogens with two attached hydrogens (primary N) is 1. The van der Waals surface area contributed by atoms with Gasteiger partial charge in [-0.3, -0.25) is 0 Å². The Hall–Kier alpha value is -1.97. The van der Waals surface area contributed by atoms with Crippen LogP contribution < -0.4 is 10.5 Å². The number of nitrogen functional groups attached to an aromatic ring is 1. The van der Waals surface area contributed by atoms with Crippen LogP contribution in [0.3, 0.4) is 0 Å². The number of aryl methyl sites for hydroxylation is 2. The Bertz CT molecular complexity index is 479. The Balaban J connectivity index is 1.75. The largest absolute Gasteiger partial charge is 0.493 e. The van der Waals surface area contributed by atoms with E-state index in [9.17, 15) is 0 Å². The maximum Gasteiger partial charge on any atom is 0.121 e. The molecule has 4 heteroatoms. The Morgan fingerprint density at radius 2 is 2.29 bits per heavy atom. The SMILES string of the molecule is Cc1nccn1CCCOc1cccc(N)c1. The minimum absolute atomic E-state index is 0.682. The summed E-state index contributed by atoms with van der Waals surface area (Å²) >= 11 is 0. The monoisotopic (exact) mass is 231 g/mol. The molecule has 2 rings (SSSR count). The topological polar surface area (TPSA) is 53.1 Å². The van der Waals surface area contributed by atoms with Gasteiger partial charge in [-0.15, -0.1) is 0 Å². The number of aromatic nitrogens is 2. The first-order valence-corrected chi connectivity index (χ1v) is 5.72. The standard InChI is InChI=1S/C13H17N3O/c1-11-15-6-8-16(11)7-3-9-17-13-5-2-4-12(14)10-13/h2,4-6,8,10H,3,7,9,14H2,1H3. The summed E-state index contributed by atoms with van der Waals surface area (Å²) in [6.07, 6.45) is 4.75. The van der Waals surface area contributed by atoms with E-state index in [2.05, 4.69) is 9.55 Å². The van der Waals surface area contributed by atoms with E-state index in [-0.39, 0.29) is 0 Å². The normalized spacial score (nSPS) is 10.4. The van der Waals surface area contributed by atoms with Crippen molar-refractivity contribution in [1.82, 2.24) is 9.55 Å². The quantitative estimate of drug-likeness (QED) is 0.634. The molecule has 0 aliphatic heterocycles. The number of benzene rings is 1. The third kappa shape index (κ3) is 3.24. The van der Waals surface area contributed by atoms with Crippen LogP contribution in [0.1, 0.15) is 12.2 Å².